The van der Waals surface area contributed by atoms with Crippen molar-refractivity contribution in [1.82, 2.24) is 4.57 Å². The number of carboxylic acid groups (broad SMARTS) is 2. The molecule has 2 aromatic rings. The lowest BCUT2D eigenvalue weighted by Crippen LogP contribution is -2.13. The summed E-state index contributed by atoms with van der Waals surface area (Å²) >= 11 is 0. The number of carbonyl (C=O) groups is 3. The number of aromatic carboxylic acids is 1. The van der Waals surface area contributed by atoms with E-state index >= 15 is 0 Å². The van der Waals surface area contributed by atoms with E-state index in [1.54, 1.807) is 13.1 Å². The fraction of sp³-hybridized carbons (Fsp3) is 0.278. The first-order chi connectivity index (χ1) is 11.3. The highest BCUT2D eigenvalue weighted by Gasteiger charge is 2.32. The van der Waals surface area contributed by atoms with Crippen molar-refractivity contribution in [1.29, 1.82) is 0 Å². The first-order valence-electron chi connectivity index (χ1n) is 7.61. The minimum atomic E-state index is -1.20. The van der Waals surface area contributed by atoms with E-state index in [-0.39, 0.29) is 22.7 Å². The molecule has 3 rings (SSSR count). The highest BCUT2D eigenvalue weighted by molar-refractivity contribution is 6.12. The molecule has 1 aromatic heterocycles. The van der Waals surface area contributed by atoms with Crippen molar-refractivity contribution in [3.05, 3.63) is 57.4 Å². The summed E-state index contributed by atoms with van der Waals surface area (Å²) in [5.74, 6) is -2.58. The zero-order chi connectivity index (χ0) is 17.6. The predicted octanol–water partition coefficient (Wildman–Crippen LogP) is 1.99. The van der Waals surface area contributed by atoms with Crippen molar-refractivity contribution in [3.63, 3.8) is 0 Å². The van der Waals surface area contributed by atoms with Crippen LogP contribution in [0.4, 0.5) is 0 Å². The number of carboxylic acids is 2. The molecule has 1 aromatic carbocycles. The number of fused-ring (bicyclic) bond motifs is 2. The third-order valence-electron chi connectivity index (χ3n) is 4.51. The van der Waals surface area contributed by atoms with Gasteiger partial charge in [0.25, 0.3) is 0 Å². The summed E-state index contributed by atoms with van der Waals surface area (Å²) in [6.07, 6.45) is 0.512. The van der Waals surface area contributed by atoms with Gasteiger partial charge in [-0.3, -0.25) is 9.59 Å². The van der Waals surface area contributed by atoms with Crippen molar-refractivity contribution in [2.24, 2.45) is 7.05 Å². The summed E-state index contributed by atoms with van der Waals surface area (Å²) in [5.41, 5.74) is 3.31. The number of benzene rings is 1. The predicted molar refractivity (Wildman–Crippen MR) is 85.7 cm³/mol. The second kappa shape index (κ2) is 5.63. The molecule has 0 atom stereocenters. The van der Waals surface area contributed by atoms with Crippen molar-refractivity contribution < 1.29 is 24.6 Å². The molecule has 0 spiro atoms. The van der Waals surface area contributed by atoms with Gasteiger partial charge in [-0.15, -0.1) is 0 Å². The maximum Gasteiger partial charge on any atom is 0.337 e. The Balaban J connectivity index is 2.26. The molecule has 0 fully saturated rings. The quantitative estimate of drug-likeness (QED) is 0.898. The third kappa shape index (κ3) is 2.40. The molecule has 6 heteroatoms. The summed E-state index contributed by atoms with van der Waals surface area (Å²) in [6.45, 7) is 1.94. The summed E-state index contributed by atoms with van der Waals surface area (Å²) in [6, 6.07) is 5.55. The number of hydrogen-bond acceptors (Lipinski definition) is 3. The third-order valence-corrected chi connectivity index (χ3v) is 4.51. The molecule has 2 N–H and O–H groups in total. The SMILES string of the molecule is Cc1ccc2c(c1)CCc1c(C(=O)O)c(CC(=O)O)n(C)c1C2=O. The zero-order valence-electron chi connectivity index (χ0n) is 13.4. The molecule has 1 aliphatic rings. The molecule has 24 heavy (non-hydrogen) atoms. The van der Waals surface area contributed by atoms with Crippen molar-refractivity contribution in [2.75, 3.05) is 0 Å². The van der Waals surface area contributed by atoms with Crippen LogP contribution in [0.1, 0.15) is 48.8 Å². The average Bonchev–Trinajstić information content (AvgIpc) is 2.67. The lowest BCUT2D eigenvalue weighted by atomic mass is 9.99. The summed E-state index contributed by atoms with van der Waals surface area (Å²) in [5, 5.41) is 18.6. The number of hydrogen-bond donors (Lipinski definition) is 2. The van der Waals surface area contributed by atoms with Crippen LogP contribution in [-0.2, 0) is 31.1 Å². The minimum absolute atomic E-state index is 0.0484. The molecule has 0 saturated carbocycles. The number of ketones is 1. The molecular weight excluding hydrogens is 310 g/mol. The fourth-order valence-corrected chi connectivity index (χ4v) is 3.47. The highest BCUT2D eigenvalue weighted by Crippen LogP contribution is 2.31. The molecule has 0 amide bonds. The average molecular weight is 327 g/mol. The van der Waals surface area contributed by atoms with Crippen LogP contribution in [0.2, 0.25) is 0 Å². The molecule has 1 heterocycles. The summed E-state index contributed by atoms with van der Waals surface area (Å²) in [4.78, 5) is 35.8. The van der Waals surface area contributed by atoms with Gasteiger partial charge in [-0.2, -0.15) is 0 Å². The Hall–Kier alpha value is -2.89. The van der Waals surface area contributed by atoms with Crippen LogP contribution < -0.4 is 0 Å². The molecule has 0 radical (unpaired) electrons. The maximum atomic E-state index is 13.0. The summed E-state index contributed by atoms with van der Waals surface area (Å²) in [7, 11) is 1.56. The van der Waals surface area contributed by atoms with E-state index in [2.05, 4.69) is 0 Å². The van der Waals surface area contributed by atoms with Gasteiger partial charge in [0, 0.05) is 18.3 Å². The van der Waals surface area contributed by atoms with E-state index < -0.39 is 18.4 Å². The van der Waals surface area contributed by atoms with Crippen LogP contribution in [0.5, 0.6) is 0 Å². The smallest absolute Gasteiger partial charge is 0.337 e. The molecule has 0 aliphatic heterocycles. The number of aromatic nitrogens is 1. The van der Waals surface area contributed by atoms with E-state index in [0.717, 1.165) is 11.1 Å². The number of nitrogens with zero attached hydrogens (tertiary/aromatic N) is 1. The first kappa shape index (κ1) is 16.0. The largest absolute Gasteiger partial charge is 0.481 e. The van der Waals surface area contributed by atoms with Gasteiger partial charge in [0.1, 0.15) is 0 Å². The standard InChI is InChI=1S/C18H17NO5/c1-9-3-5-11-10(7-9)4-6-12-15(18(23)24)13(8-14(20)21)19(2)16(12)17(11)22/h3,5,7H,4,6,8H2,1-2H3,(H,20,21)(H,23,24). The first-order valence-corrected chi connectivity index (χ1v) is 7.61. The van der Waals surface area contributed by atoms with Crippen LogP contribution in [-0.4, -0.2) is 32.5 Å². The number of rotatable bonds is 3. The van der Waals surface area contributed by atoms with Gasteiger partial charge >= 0.3 is 11.9 Å². The number of aliphatic carboxylic acids is 1. The Morgan fingerprint density at radius 1 is 1.21 bits per heavy atom. The van der Waals surface area contributed by atoms with Gasteiger partial charge < -0.3 is 14.8 Å². The van der Waals surface area contributed by atoms with Gasteiger partial charge in [0.2, 0.25) is 5.78 Å². The Bertz CT molecular complexity index is 891. The van der Waals surface area contributed by atoms with Crippen molar-refractivity contribution in [3.8, 4) is 0 Å². The van der Waals surface area contributed by atoms with E-state index in [4.69, 9.17) is 5.11 Å². The Morgan fingerprint density at radius 3 is 2.54 bits per heavy atom. The molecule has 1 aliphatic carbocycles. The highest BCUT2D eigenvalue weighted by atomic mass is 16.4. The van der Waals surface area contributed by atoms with E-state index in [0.29, 0.717) is 24.0 Å². The van der Waals surface area contributed by atoms with Crippen molar-refractivity contribution in [2.45, 2.75) is 26.2 Å². The summed E-state index contributed by atoms with van der Waals surface area (Å²) < 4.78 is 1.43. The molecule has 0 bridgehead atoms. The van der Waals surface area contributed by atoms with E-state index in [9.17, 15) is 19.5 Å². The Kier molecular flexibility index (Phi) is 3.75. The van der Waals surface area contributed by atoms with Crippen LogP contribution in [0.15, 0.2) is 18.2 Å². The van der Waals surface area contributed by atoms with E-state index in [1.807, 2.05) is 19.1 Å². The molecule has 0 unspecified atom stereocenters. The second-order valence-corrected chi connectivity index (χ2v) is 6.07. The molecule has 124 valence electrons. The van der Waals surface area contributed by atoms with Gasteiger partial charge in [-0.1, -0.05) is 23.8 Å². The second-order valence-electron chi connectivity index (χ2n) is 6.07. The van der Waals surface area contributed by atoms with E-state index in [1.165, 1.54) is 4.57 Å². The lowest BCUT2D eigenvalue weighted by Gasteiger charge is -2.09. The number of aryl methyl sites for hydroxylation is 2. The monoisotopic (exact) mass is 327 g/mol. The topological polar surface area (TPSA) is 96.6 Å². The normalized spacial score (nSPS) is 13.2. The zero-order valence-corrected chi connectivity index (χ0v) is 13.4. The fourth-order valence-electron chi connectivity index (χ4n) is 3.47. The lowest BCUT2D eigenvalue weighted by molar-refractivity contribution is -0.136. The van der Waals surface area contributed by atoms with Crippen LogP contribution in [0.3, 0.4) is 0 Å². The molecule has 0 saturated heterocycles. The van der Waals surface area contributed by atoms with Gasteiger partial charge in [0.05, 0.1) is 17.7 Å². The van der Waals surface area contributed by atoms with Crippen LogP contribution in [0.25, 0.3) is 0 Å². The Labute approximate surface area is 138 Å². The van der Waals surface area contributed by atoms with Crippen LogP contribution >= 0.6 is 0 Å². The molecule has 6 nitrogen and oxygen atoms in total. The maximum absolute atomic E-state index is 13.0. The number of carbonyl (C=O) groups excluding carboxylic acids is 1. The Morgan fingerprint density at radius 2 is 1.92 bits per heavy atom. The van der Waals surface area contributed by atoms with Crippen molar-refractivity contribution >= 4 is 17.7 Å². The van der Waals surface area contributed by atoms with Gasteiger partial charge in [-0.05, 0) is 30.9 Å². The van der Waals surface area contributed by atoms with Gasteiger partial charge in [-0.25, -0.2) is 4.79 Å². The minimum Gasteiger partial charge on any atom is -0.481 e. The van der Waals surface area contributed by atoms with Crippen LogP contribution in [0, 0.1) is 6.92 Å². The van der Waals surface area contributed by atoms with Gasteiger partial charge in [0.15, 0.2) is 0 Å². The molecular formula is C18H17NO5.